The summed E-state index contributed by atoms with van der Waals surface area (Å²) >= 11 is 6.43. The molecule has 0 saturated carbocycles. The van der Waals surface area contributed by atoms with Gasteiger partial charge >= 0.3 is 0 Å². The maximum absolute atomic E-state index is 6.43. The minimum Gasteiger partial charge on any atom is -0.167 e. The minimum absolute atomic E-state index is 1.27. The Morgan fingerprint density at radius 3 is 1.64 bits per heavy atom. The Kier molecular flexibility index (Phi) is 6.35. The normalized spacial score (nSPS) is 12.0. The fraction of sp³-hybridized carbons (Fsp3) is 1.00. The van der Waals surface area contributed by atoms with Gasteiger partial charge in [-0.3, -0.25) is 0 Å². The van der Waals surface area contributed by atoms with Gasteiger partial charge in [0, 0.05) is 0 Å². The fourth-order valence-electron chi connectivity index (χ4n) is 1.22. The largest absolute Gasteiger partial charge is 0.167 e. The molecule has 2 heteroatoms. The molecule has 0 aliphatic rings. The molecule has 0 fully saturated rings. The molecule has 0 aliphatic carbocycles. The Morgan fingerprint density at radius 1 is 1.00 bits per heavy atom. The average Bonchev–Trinajstić information content (AvgIpc) is 1.97. The monoisotopic (exact) mass is 192 g/mol. The van der Waals surface area contributed by atoms with Crippen LogP contribution in [0, 0.1) is 0 Å². The SMILES string of the molecule is CCCC[Si](C)(Cl)CCCC. The number of hydrogen-bond donors (Lipinski definition) is 0. The van der Waals surface area contributed by atoms with Crippen LogP contribution in [0.2, 0.25) is 18.6 Å². The number of hydrogen-bond acceptors (Lipinski definition) is 0. The van der Waals surface area contributed by atoms with Gasteiger partial charge in [-0.05, 0) is 12.1 Å². The predicted molar refractivity (Wildman–Crippen MR) is 56.9 cm³/mol. The van der Waals surface area contributed by atoms with Crippen LogP contribution in [0.3, 0.4) is 0 Å². The molecule has 0 unspecified atom stereocenters. The first-order chi connectivity index (χ1) is 5.12. The van der Waals surface area contributed by atoms with E-state index in [1.165, 1.54) is 37.8 Å². The van der Waals surface area contributed by atoms with Crippen LogP contribution in [-0.2, 0) is 0 Å². The van der Waals surface area contributed by atoms with E-state index < -0.39 is 7.38 Å². The van der Waals surface area contributed by atoms with Crippen molar-refractivity contribution in [2.45, 2.75) is 58.2 Å². The van der Waals surface area contributed by atoms with Crippen LogP contribution in [-0.4, -0.2) is 7.38 Å². The first kappa shape index (κ1) is 11.5. The van der Waals surface area contributed by atoms with Crippen molar-refractivity contribution < 1.29 is 0 Å². The van der Waals surface area contributed by atoms with Gasteiger partial charge in [-0.1, -0.05) is 46.1 Å². The van der Waals surface area contributed by atoms with Gasteiger partial charge in [0.05, 0.1) is 0 Å². The minimum atomic E-state index is -1.27. The molecule has 0 radical (unpaired) electrons. The Balaban J connectivity index is 3.43. The molecule has 0 aromatic heterocycles. The lowest BCUT2D eigenvalue weighted by Gasteiger charge is -2.17. The molecule has 0 nitrogen and oxygen atoms in total. The van der Waals surface area contributed by atoms with Crippen LogP contribution in [0.5, 0.6) is 0 Å². The molecule has 0 rings (SSSR count). The lowest BCUT2D eigenvalue weighted by Crippen LogP contribution is -2.20. The zero-order valence-corrected chi connectivity index (χ0v) is 9.88. The molecule has 11 heavy (non-hydrogen) atoms. The number of rotatable bonds is 6. The Hall–Kier alpha value is 0.507. The highest BCUT2D eigenvalue weighted by atomic mass is 35.6. The smallest absolute Gasteiger partial charge is 0.153 e. The van der Waals surface area contributed by atoms with Crippen LogP contribution >= 0.6 is 11.1 Å². The summed E-state index contributed by atoms with van der Waals surface area (Å²) in [6.45, 7) is 6.78. The van der Waals surface area contributed by atoms with Gasteiger partial charge in [-0.15, -0.1) is 0 Å². The van der Waals surface area contributed by atoms with Crippen LogP contribution < -0.4 is 0 Å². The maximum atomic E-state index is 6.43. The van der Waals surface area contributed by atoms with Gasteiger partial charge in [0.25, 0.3) is 0 Å². The predicted octanol–water partition coefficient (Wildman–Crippen LogP) is 4.40. The van der Waals surface area contributed by atoms with Crippen LogP contribution in [0.15, 0.2) is 0 Å². The summed E-state index contributed by atoms with van der Waals surface area (Å²) in [4.78, 5) is 0. The third-order valence-corrected chi connectivity index (χ3v) is 6.03. The molecular weight excluding hydrogens is 172 g/mol. The van der Waals surface area contributed by atoms with E-state index in [1.807, 2.05) is 0 Å². The summed E-state index contributed by atoms with van der Waals surface area (Å²) < 4.78 is 0. The van der Waals surface area contributed by atoms with E-state index in [0.29, 0.717) is 0 Å². The van der Waals surface area contributed by atoms with E-state index in [4.69, 9.17) is 11.1 Å². The van der Waals surface area contributed by atoms with Gasteiger partial charge in [0.2, 0.25) is 0 Å². The lowest BCUT2D eigenvalue weighted by atomic mass is 10.4. The second-order valence-corrected chi connectivity index (χ2v) is 10.2. The first-order valence-corrected chi connectivity index (χ1v) is 8.74. The Labute approximate surface area is 77.0 Å². The van der Waals surface area contributed by atoms with Crippen molar-refractivity contribution in [2.75, 3.05) is 0 Å². The van der Waals surface area contributed by atoms with Gasteiger partial charge < -0.3 is 0 Å². The van der Waals surface area contributed by atoms with Crippen LogP contribution in [0.1, 0.15) is 39.5 Å². The molecule has 0 saturated heterocycles. The van der Waals surface area contributed by atoms with Gasteiger partial charge in [0.15, 0.2) is 7.38 Å². The van der Waals surface area contributed by atoms with E-state index in [-0.39, 0.29) is 0 Å². The van der Waals surface area contributed by atoms with Gasteiger partial charge in [-0.2, -0.15) is 11.1 Å². The average molecular weight is 193 g/mol. The summed E-state index contributed by atoms with van der Waals surface area (Å²) in [5.74, 6) is 0. The third-order valence-electron chi connectivity index (χ3n) is 2.10. The molecule has 0 N–H and O–H groups in total. The fourth-order valence-corrected chi connectivity index (χ4v) is 4.45. The van der Waals surface area contributed by atoms with Crippen molar-refractivity contribution in [3.63, 3.8) is 0 Å². The van der Waals surface area contributed by atoms with Crippen molar-refractivity contribution in [3.8, 4) is 0 Å². The van der Waals surface area contributed by atoms with E-state index >= 15 is 0 Å². The summed E-state index contributed by atoms with van der Waals surface area (Å²) in [5, 5.41) is 0. The molecule has 0 bridgehead atoms. The van der Waals surface area contributed by atoms with Gasteiger partial charge in [-0.25, -0.2) is 0 Å². The summed E-state index contributed by atoms with van der Waals surface area (Å²) in [7, 11) is -1.27. The van der Waals surface area contributed by atoms with E-state index in [2.05, 4.69) is 20.4 Å². The highest BCUT2D eigenvalue weighted by Gasteiger charge is 2.22. The molecule has 0 aliphatic heterocycles. The number of unbranched alkanes of at least 4 members (excludes halogenated alkanes) is 2. The van der Waals surface area contributed by atoms with Crippen molar-refractivity contribution in [2.24, 2.45) is 0 Å². The highest BCUT2D eigenvalue weighted by molar-refractivity contribution is 7.19. The van der Waals surface area contributed by atoms with Gasteiger partial charge in [0.1, 0.15) is 0 Å². The molecule has 68 valence electrons. The second kappa shape index (κ2) is 6.07. The summed E-state index contributed by atoms with van der Waals surface area (Å²) in [5.41, 5.74) is 0. The van der Waals surface area contributed by atoms with E-state index in [1.54, 1.807) is 0 Å². The van der Waals surface area contributed by atoms with Crippen LogP contribution in [0.25, 0.3) is 0 Å². The zero-order chi connectivity index (χ0) is 8.74. The first-order valence-electron chi connectivity index (χ1n) is 4.81. The van der Waals surface area contributed by atoms with Crippen molar-refractivity contribution in [3.05, 3.63) is 0 Å². The third kappa shape index (κ3) is 6.89. The maximum Gasteiger partial charge on any atom is 0.153 e. The topological polar surface area (TPSA) is 0 Å². The molecular formula is C9H21ClSi. The van der Waals surface area contributed by atoms with E-state index in [0.717, 1.165) is 0 Å². The van der Waals surface area contributed by atoms with Crippen molar-refractivity contribution in [1.29, 1.82) is 0 Å². The Morgan fingerprint density at radius 2 is 1.36 bits per heavy atom. The van der Waals surface area contributed by atoms with Crippen molar-refractivity contribution >= 4 is 18.5 Å². The van der Waals surface area contributed by atoms with E-state index in [9.17, 15) is 0 Å². The standard InChI is InChI=1S/C9H21ClSi/c1-4-6-8-11(3,10)9-7-5-2/h4-9H2,1-3H3. The molecule has 0 amide bonds. The molecule has 0 aromatic rings. The lowest BCUT2D eigenvalue weighted by molar-refractivity contribution is 0.838. The van der Waals surface area contributed by atoms with Crippen LogP contribution in [0.4, 0.5) is 0 Å². The highest BCUT2D eigenvalue weighted by Crippen LogP contribution is 2.25. The molecule has 0 heterocycles. The summed E-state index contributed by atoms with van der Waals surface area (Å²) in [6, 6.07) is 2.62. The summed E-state index contributed by atoms with van der Waals surface area (Å²) in [6.07, 6.45) is 5.24. The molecule has 0 spiro atoms. The quantitative estimate of drug-likeness (QED) is 0.432. The Bertz CT molecular complexity index is 81.6. The molecule has 0 aromatic carbocycles. The number of halogens is 1. The second-order valence-electron chi connectivity index (χ2n) is 3.62. The molecule has 0 atom stereocenters. The van der Waals surface area contributed by atoms with Crippen molar-refractivity contribution in [1.82, 2.24) is 0 Å². The zero-order valence-electron chi connectivity index (χ0n) is 8.12.